The second-order valence-electron chi connectivity index (χ2n) is 3.92. The third kappa shape index (κ3) is 1.95. The molecule has 1 aliphatic carbocycles. The highest BCUT2D eigenvalue weighted by molar-refractivity contribution is 5.93. The third-order valence-corrected chi connectivity index (χ3v) is 2.98. The van der Waals surface area contributed by atoms with E-state index in [0.29, 0.717) is 13.0 Å². The molecule has 3 heteroatoms. The standard InChI is InChI=1S/C13H16O3/c1-3-16-12-8-11(14)13(12)9-4-6-10(15-2)7-5-9/h4-7,12-13H,3,8H2,1-2H3/t12-,13-/m1/s1. The number of carbonyl (C=O) groups is 1. The molecule has 0 unspecified atom stereocenters. The lowest BCUT2D eigenvalue weighted by Gasteiger charge is -2.34. The van der Waals surface area contributed by atoms with Crippen LogP contribution in [0.1, 0.15) is 24.8 Å². The predicted molar refractivity (Wildman–Crippen MR) is 60.8 cm³/mol. The summed E-state index contributed by atoms with van der Waals surface area (Å²) in [6.45, 7) is 2.61. The Morgan fingerprint density at radius 2 is 2.00 bits per heavy atom. The Morgan fingerprint density at radius 3 is 2.50 bits per heavy atom. The van der Waals surface area contributed by atoms with E-state index >= 15 is 0 Å². The molecule has 0 radical (unpaired) electrons. The summed E-state index contributed by atoms with van der Waals surface area (Å²) in [7, 11) is 1.63. The van der Waals surface area contributed by atoms with Gasteiger partial charge in [0, 0.05) is 13.0 Å². The number of Topliss-reactive ketones (excluding diaryl/α,β-unsaturated/α-hetero) is 1. The summed E-state index contributed by atoms with van der Waals surface area (Å²) in [6, 6.07) is 7.63. The molecule has 0 bridgehead atoms. The fourth-order valence-corrected chi connectivity index (χ4v) is 2.07. The molecule has 2 atom stereocenters. The summed E-state index contributed by atoms with van der Waals surface area (Å²) >= 11 is 0. The average Bonchev–Trinajstić information content (AvgIpc) is 2.29. The molecule has 0 saturated heterocycles. The van der Waals surface area contributed by atoms with Crippen LogP contribution in [0.25, 0.3) is 0 Å². The van der Waals surface area contributed by atoms with Crippen molar-refractivity contribution in [1.29, 1.82) is 0 Å². The van der Waals surface area contributed by atoms with E-state index in [1.165, 1.54) is 0 Å². The van der Waals surface area contributed by atoms with Crippen molar-refractivity contribution in [2.24, 2.45) is 0 Å². The zero-order valence-corrected chi connectivity index (χ0v) is 9.60. The van der Waals surface area contributed by atoms with E-state index in [1.807, 2.05) is 31.2 Å². The van der Waals surface area contributed by atoms with Crippen LogP contribution in [0.4, 0.5) is 0 Å². The Bertz CT molecular complexity index is 369. The average molecular weight is 220 g/mol. The summed E-state index contributed by atoms with van der Waals surface area (Å²) in [6.07, 6.45) is 0.607. The lowest BCUT2D eigenvalue weighted by molar-refractivity contribution is -0.137. The predicted octanol–water partition coefficient (Wildman–Crippen LogP) is 2.16. The molecule has 1 aromatic carbocycles. The number of rotatable bonds is 4. The van der Waals surface area contributed by atoms with E-state index in [-0.39, 0.29) is 17.8 Å². The molecule has 0 aromatic heterocycles. The highest BCUT2D eigenvalue weighted by Crippen LogP contribution is 2.36. The van der Waals surface area contributed by atoms with Crippen LogP contribution < -0.4 is 4.74 Å². The van der Waals surface area contributed by atoms with Crippen LogP contribution in [0.5, 0.6) is 5.75 Å². The smallest absolute Gasteiger partial charge is 0.145 e. The van der Waals surface area contributed by atoms with Crippen molar-refractivity contribution in [1.82, 2.24) is 0 Å². The minimum absolute atomic E-state index is 0.0610. The number of methoxy groups -OCH3 is 1. The molecular weight excluding hydrogens is 204 g/mol. The second-order valence-corrected chi connectivity index (χ2v) is 3.92. The number of hydrogen-bond acceptors (Lipinski definition) is 3. The van der Waals surface area contributed by atoms with Gasteiger partial charge in [0.1, 0.15) is 11.5 Å². The molecule has 16 heavy (non-hydrogen) atoms. The first-order valence-corrected chi connectivity index (χ1v) is 5.54. The topological polar surface area (TPSA) is 35.5 Å². The first-order chi connectivity index (χ1) is 7.76. The van der Waals surface area contributed by atoms with Gasteiger partial charge in [-0.2, -0.15) is 0 Å². The molecule has 0 aliphatic heterocycles. The van der Waals surface area contributed by atoms with Gasteiger partial charge in [-0.3, -0.25) is 4.79 Å². The van der Waals surface area contributed by atoms with Crippen molar-refractivity contribution < 1.29 is 14.3 Å². The molecule has 0 amide bonds. The van der Waals surface area contributed by atoms with E-state index in [4.69, 9.17) is 9.47 Å². The fourth-order valence-electron chi connectivity index (χ4n) is 2.07. The van der Waals surface area contributed by atoms with Gasteiger partial charge in [0.05, 0.1) is 19.1 Å². The van der Waals surface area contributed by atoms with Gasteiger partial charge in [-0.1, -0.05) is 12.1 Å². The highest BCUT2D eigenvalue weighted by Gasteiger charge is 2.41. The lowest BCUT2D eigenvalue weighted by atomic mass is 9.75. The van der Waals surface area contributed by atoms with Crippen molar-refractivity contribution in [3.8, 4) is 5.75 Å². The molecule has 1 aromatic rings. The van der Waals surface area contributed by atoms with Gasteiger partial charge in [0.15, 0.2) is 0 Å². The molecule has 1 fully saturated rings. The summed E-state index contributed by atoms with van der Waals surface area (Å²) in [5.41, 5.74) is 1.02. The van der Waals surface area contributed by atoms with Gasteiger partial charge >= 0.3 is 0 Å². The molecule has 1 aliphatic rings. The first-order valence-electron chi connectivity index (χ1n) is 5.54. The van der Waals surface area contributed by atoms with Crippen molar-refractivity contribution in [2.75, 3.05) is 13.7 Å². The van der Waals surface area contributed by atoms with Crippen LogP contribution >= 0.6 is 0 Å². The Labute approximate surface area is 95.4 Å². The van der Waals surface area contributed by atoms with Crippen molar-refractivity contribution >= 4 is 5.78 Å². The van der Waals surface area contributed by atoms with Gasteiger partial charge in [0.2, 0.25) is 0 Å². The maximum Gasteiger partial charge on any atom is 0.145 e. The van der Waals surface area contributed by atoms with E-state index in [2.05, 4.69) is 0 Å². The van der Waals surface area contributed by atoms with Gasteiger partial charge in [-0.25, -0.2) is 0 Å². The molecule has 2 rings (SSSR count). The Morgan fingerprint density at radius 1 is 1.31 bits per heavy atom. The molecule has 0 N–H and O–H groups in total. The third-order valence-electron chi connectivity index (χ3n) is 2.98. The maximum absolute atomic E-state index is 11.6. The number of benzene rings is 1. The first kappa shape index (κ1) is 11.1. The van der Waals surface area contributed by atoms with Gasteiger partial charge in [0.25, 0.3) is 0 Å². The zero-order chi connectivity index (χ0) is 11.5. The normalized spacial score (nSPS) is 24.0. The van der Waals surface area contributed by atoms with Crippen LogP contribution in [0.2, 0.25) is 0 Å². The van der Waals surface area contributed by atoms with Gasteiger partial charge < -0.3 is 9.47 Å². The van der Waals surface area contributed by atoms with Crippen molar-refractivity contribution in [3.05, 3.63) is 29.8 Å². The number of ether oxygens (including phenoxy) is 2. The van der Waals surface area contributed by atoms with E-state index in [9.17, 15) is 4.79 Å². The number of carbonyl (C=O) groups excluding carboxylic acids is 1. The van der Waals surface area contributed by atoms with Crippen LogP contribution in [-0.4, -0.2) is 25.6 Å². The van der Waals surface area contributed by atoms with Crippen LogP contribution in [0.15, 0.2) is 24.3 Å². The minimum atomic E-state index is -0.0779. The zero-order valence-electron chi connectivity index (χ0n) is 9.60. The van der Waals surface area contributed by atoms with E-state index in [0.717, 1.165) is 11.3 Å². The van der Waals surface area contributed by atoms with E-state index < -0.39 is 0 Å². The molecule has 0 spiro atoms. The molecule has 0 heterocycles. The summed E-state index contributed by atoms with van der Waals surface area (Å²) in [5, 5.41) is 0. The van der Waals surface area contributed by atoms with Crippen molar-refractivity contribution in [2.45, 2.75) is 25.4 Å². The molecular formula is C13H16O3. The van der Waals surface area contributed by atoms with Gasteiger partial charge in [-0.05, 0) is 24.6 Å². The molecule has 3 nitrogen and oxygen atoms in total. The summed E-state index contributed by atoms with van der Waals surface area (Å²) in [5.74, 6) is 0.998. The largest absolute Gasteiger partial charge is 0.497 e. The van der Waals surface area contributed by atoms with Crippen LogP contribution in [0.3, 0.4) is 0 Å². The van der Waals surface area contributed by atoms with Crippen LogP contribution in [0, 0.1) is 0 Å². The SMILES string of the molecule is CCO[C@@H]1CC(=O)[C@H]1c1ccc(OC)cc1. The Kier molecular flexibility index (Phi) is 3.25. The molecule has 1 saturated carbocycles. The minimum Gasteiger partial charge on any atom is -0.497 e. The summed E-state index contributed by atoms with van der Waals surface area (Å²) in [4.78, 5) is 11.6. The number of hydrogen-bond donors (Lipinski definition) is 0. The van der Waals surface area contributed by atoms with E-state index in [1.54, 1.807) is 7.11 Å². The van der Waals surface area contributed by atoms with Crippen molar-refractivity contribution in [3.63, 3.8) is 0 Å². The van der Waals surface area contributed by atoms with Crippen LogP contribution in [-0.2, 0) is 9.53 Å². The lowest BCUT2D eigenvalue weighted by Crippen LogP contribution is -2.41. The fraction of sp³-hybridized carbons (Fsp3) is 0.462. The second kappa shape index (κ2) is 4.66. The maximum atomic E-state index is 11.6. The number of ketones is 1. The summed E-state index contributed by atoms with van der Waals surface area (Å²) < 4.78 is 10.6. The van der Waals surface area contributed by atoms with Gasteiger partial charge in [-0.15, -0.1) is 0 Å². The highest BCUT2D eigenvalue weighted by atomic mass is 16.5. The quantitative estimate of drug-likeness (QED) is 0.780. The Hall–Kier alpha value is -1.35. The Balaban J connectivity index is 2.12. The molecule has 86 valence electrons. The monoisotopic (exact) mass is 220 g/mol.